The van der Waals surface area contributed by atoms with E-state index in [-0.39, 0.29) is 0 Å². The zero-order valence-electron chi connectivity index (χ0n) is 14.4. The van der Waals surface area contributed by atoms with Crippen LogP contribution < -0.4 is 0 Å². The molecule has 0 unspecified atom stereocenters. The van der Waals surface area contributed by atoms with E-state index in [9.17, 15) is 0 Å². The second-order valence-corrected chi connectivity index (χ2v) is 7.26. The number of nitrogens with one attached hydrogen (secondary N) is 1. The van der Waals surface area contributed by atoms with Gasteiger partial charge in [-0.25, -0.2) is 0 Å². The normalized spacial score (nSPS) is 11.9. The third-order valence-electron chi connectivity index (χ3n) is 5.40. The summed E-state index contributed by atoms with van der Waals surface area (Å²) < 4.78 is 2.33. The first-order valence-corrected chi connectivity index (χ1v) is 9.38. The minimum absolute atomic E-state index is 0.782. The van der Waals surface area contributed by atoms with Crippen molar-refractivity contribution in [3.05, 3.63) is 90.0 Å². The van der Waals surface area contributed by atoms with Crippen molar-refractivity contribution in [2.75, 3.05) is 0 Å². The highest BCUT2D eigenvalue weighted by atomic mass is 35.5. The summed E-state index contributed by atoms with van der Waals surface area (Å²) >= 11 is 6.52. The molecular weight excluding hydrogens is 352 g/mol. The average molecular weight is 367 g/mol. The van der Waals surface area contributed by atoms with Crippen LogP contribution in [0.2, 0.25) is 5.02 Å². The molecule has 1 N–H and O–H groups in total. The third kappa shape index (κ3) is 1.96. The number of nitrogens with zero attached hydrogens (tertiary/aromatic N) is 1. The van der Waals surface area contributed by atoms with Crippen LogP contribution in [0.25, 0.3) is 49.3 Å². The molecule has 0 radical (unpaired) electrons. The number of hydrogen-bond donors (Lipinski definition) is 1. The van der Waals surface area contributed by atoms with E-state index in [2.05, 4.69) is 82.3 Å². The molecule has 2 aromatic heterocycles. The van der Waals surface area contributed by atoms with Crippen LogP contribution in [0, 0.1) is 0 Å². The molecule has 0 aliphatic rings. The number of H-pyrrole nitrogens is 1. The van der Waals surface area contributed by atoms with Gasteiger partial charge in [0, 0.05) is 32.7 Å². The molecule has 0 bridgehead atoms. The Hall–Kier alpha value is -3.23. The predicted octanol–water partition coefficient (Wildman–Crippen LogP) is 7.07. The average Bonchev–Trinajstić information content (AvgIpc) is 3.25. The maximum Gasteiger partial charge on any atom is 0.0567 e. The van der Waals surface area contributed by atoms with E-state index in [1.807, 2.05) is 12.1 Å². The minimum atomic E-state index is 0.782. The van der Waals surface area contributed by atoms with Crippen LogP contribution in [-0.4, -0.2) is 9.55 Å². The topological polar surface area (TPSA) is 20.7 Å². The maximum atomic E-state index is 6.52. The molecule has 0 spiro atoms. The molecule has 0 atom stereocenters. The Morgan fingerprint density at radius 3 is 2.33 bits per heavy atom. The van der Waals surface area contributed by atoms with E-state index in [4.69, 9.17) is 11.6 Å². The van der Waals surface area contributed by atoms with Gasteiger partial charge >= 0.3 is 0 Å². The molecule has 4 aromatic carbocycles. The fraction of sp³-hybridized carbons (Fsp3) is 0. The molecular formula is C24H15ClN2. The van der Waals surface area contributed by atoms with Gasteiger partial charge in [0.1, 0.15) is 0 Å². The molecule has 0 aliphatic carbocycles. The summed E-state index contributed by atoms with van der Waals surface area (Å²) in [4.78, 5) is 3.62. The van der Waals surface area contributed by atoms with E-state index >= 15 is 0 Å². The molecule has 0 aliphatic heterocycles. The van der Waals surface area contributed by atoms with Gasteiger partial charge < -0.3 is 9.55 Å². The summed E-state index contributed by atoms with van der Waals surface area (Å²) in [5, 5.41) is 5.51. The van der Waals surface area contributed by atoms with Gasteiger partial charge in [0.2, 0.25) is 0 Å². The summed E-state index contributed by atoms with van der Waals surface area (Å²) in [6.45, 7) is 0. The second-order valence-electron chi connectivity index (χ2n) is 6.86. The highest BCUT2D eigenvalue weighted by Gasteiger charge is 2.17. The lowest BCUT2D eigenvalue weighted by Crippen LogP contribution is -1.92. The van der Waals surface area contributed by atoms with Crippen molar-refractivity contribution in [3.63, 3.8) is 0 Å². The van der Waals surface area contributed by atoms with Crippen molar-refractivity contribution in [1.82, 2.24) is 9.55 Å². The Kier molecular flexibility index (Phi) is 2.97. The molecule has 6 aromatic rings. The number of halogens is 1. The van der Waals surface area contributed by atoms with Crippen molar-refractivity contribution < 1.29 is 0 Å². The van der Waals surface area contributed by atoms with Gasteiger partial charge in [0.05, 0.1) is 21.6 Å². The minimum Gasteiger partial charge on any atom is -0.354 e. The fourth-order valence-electron chi connectivity index (χ4n) is 4.29. The summed E-state index contributed by atoms with van der Waals surface area (Å²) in [6.07, 6.45) is 0. The van der Waals surface area contributed by atoms with E-state index < -0.39 is 0 Å². The monoisotopic (exact) mass is 366 g/mol. The number of fused-ring (bicyclic) bond motifs is 7. The van der Waals surface area contributed by atoms with E-state index in [1.54, 1.807) is 0 Å². The predicted molar refractivity (Wildman–Crippen MR) is 115 cm³/mol. The standard InChI is InChI=1S/C24H15ClN2/c25-18-10-6-11-19-22(18)17-13-14-21-23(24(17)26-19)16-9-4-5-12-20(16)27(21)15-7-2-1-3-8-15/h1-14,26H. The molecule has 128 valence electrons. The molecule has 0 saturated carbocycles. The van der Waals surface area contributed by atoms with Crippen LogP contribution in [0.5, 0.6) is 0 Å². The molecule has 0 fully saturated rings. The Balaban J connectivity index is 1.89. The number of benzene rings is 4. The number of para-hydroxylation sites is 2. The smallest absolute Gasteiger partial charge is 0.0567 e. The van der Waals surface area contributed by atoms with Crippen molar-refractivity contribution in [3.8, 4) is 5.69 Å². The fourth-order valence-corrected chi connectivity index (χ4v) is 4.57. The summed E-state index contributed by atoms with van der Waals surface area (Å²) in [5.41, 5.74) is 5.77. The molecule has 2 heterocycles. The van der Waals surface area contributed by atoms with E-state index in [0.29, 0.717) is 0 Å². The number of aromatic nitrogens is 2. The summed E-state index contributed by atoms with van der Waals surface area (Å²) in [6, 6.07) is 29.5. The van der Waals surface area contributed by atoms with Gasteiger partial charge in [0.15, 0.2) is 0 Å². The SMILES string of the molecule is Clc1cccc2[nH]c3c(ccc4c3c3ccccc3n4-c3ccccc3)c12. The van der Waals surface area contributed by atoms with Crippen LogP contribution >= 0.6 is 11.6 Å². The van der Waals surface area contributed by atoms with Crippen LogP contribution in [0.3, 0.4) is 0 Å². The van der Waals surface area contributed by atoms with Crippen LogP contribution in [-0.2, 0) is 0 Å². The largest absolute Gasteiger partial charge is 0.354 e. The Bertz CT molecular complexity index is 1470. The van der Waals surface area contributed by atoms with E-state index in [1.165, 1.54) is 27.2 Å². The summed E-state index contributed by atoms with van der Waals surface area (Å²) in [5.74, 6) is 0. The molecule has 27 heavy (non-hydrogen) atoms. The maximum absolute atomic E-state index is 6.52. The van der Waals surface area contributed by atoms with Crippen molar-refractivity contribution in [2.45, 2.75) is 0 Å². The highest BCUT2D eigenvalue weighted by Crippen LogP contribution is 2.40. The first-order chi connectivity index (χ1) is 13.3. The molecule has 3 heteroatoms. The number of aromatic amines is 1. The van der Waals surface area contributed by atoms with Crippen LogP contribution in [0.15, 0.2) is 84.9 Å². The molecule has 0 saturated heterocycles. The first-order valence-electron chi connectivity index (χ1n) is 9.00. The lowest BCUT2D eigenvalue weighted by atomic mass is 10.1. The first kappa shape index (κ1) is 14.9. The summed E-state index contributed by atoms with van der Waals surface area (Å²) in [7, 11) is 0. The second kappa shape index (κ2) is 5.38. The van der Waals surface area contributed by atoms with E-state index in [0.717, 1.165) is 27.1 Å². The zero-order chi connectivity index (χ0) is 18.0. The number of hydrogen-bond acceptors (Lipinski definition) is 0. The van der Waals surface area contributed by atoms with Gasteiger partial charge in [0.25, 0.3) is 0 Å². The molecule has 2 nitrogen and oxygen atoms in total. The van der Waals surface area contributed by atoms with Crippen LogP contribution in [0.1, 0.15) is 0 Å². The zero-order valence-corrected chi connectivity index (χ0v) is 15.2. The number of rotatable bonds is 1. The van der Waals surface area contributed by atoms with Crippen molar-refractivity contribution >= 4 is 55.2 Å². The van der Waals surface area contributed by atoms with Gasteiger partial charge in [-0.1, -0.05) is 60.1 Å². The highest BCUT2D eigenvalue weighted by molar-refractivity contribution is 6.39. The Morgan fingerprint density at radius 2 is 1.44 bits per heavy atom. The van der Waals surface area contributed by atoms with Gasteiger partial charge in [-0.3, -0.25) is 0 Å². The molecule has 0 amide bonds. The van der Waals surface area contributed by atoms with Gasteiger partial charge in [-0.15, -0.1) is 0 Å². The van der Waals surface area contributed by atoms with Crippen LogP contribution in [0.4, 0.5) is 0 Å². The lowest BCUT2D eigenvalue weighted by molar-refractivity contribution is 1.18. The van der Waals surface area contributed by atoms with Gasteiger partial charge in [-0.05, 0) is 36.4 Å². The third-order valence-corrected chi connectivity index (χ3v) is 5.71. The Labute approximate surface area is 160 Å². The Morgan fingerprint density at radius 1 is 0.630 bits per heavy atom. The van der Waals surface area contributed by atoms with Gasteiger partial charge in [-0.2, -0.15) is 0 Å². The molecule has 6 rings (SSSR count). The van der Waals surface area contributed by atoms with Crippen molar-refractivity contribution in [1.29, 1.82) is 0 Å². The quantitative estimate of drug-likeness (QED) is 0.321. The van der Waals surface area contributed by atoms with Crippen molar-refractivity contribution in [2.24, 2.45) is 0 Å². The lowest BCUT2D eigenvalue weighted by Gasteiger charge is -2.07.